The predicted molar refractivity (Wildman–Crippen MR) is 67.0 cm³/mol. The number of amides is 1. The second-order valence-electron chi connectivity index (χ2n) is 3.59. The summed E-state index contributed by atoms with van der Waals surface area (Å²) < 4.78 is 28.8. The zero-order valence-electron chi connectivity index (χ0n) is 9.68. The number of primary amides is 1. The minimum atomic E-state index is -4.04. The monoisotopic (exact) mass is 278 g/mol. The molecule has 0 saturated carbocycles. The van der Waals surface area contributed by atoms with Crippen molar-refractivity contribution in [2.45, 2.75) is 4.90 Å². The van der Waals surface area contributed by atoms with Crippen molar-refractivity contribution < 1.29 is 17.4 Å². The first-order valence-electron chi connectivity index (χ1n) is 5.24. The Hall–Kier alpha value is -2.41. The quantitative estimate of drug-likeness (QED) is 0.839. The second kappa shape index (κ2) is 5.07. The third-order valence-corrected chi connectivity index (χ3v) is 3.49. The van der Waals surface area contributed by atoms with E-state index in [9.17, 15) is 13.2 Å². The number of nitrogens with zero attached hydrogens (tertiary/aromatic N) is 1. The van der Waals surface area contributed by atoms with E-state index in [-0.39, 0.29) is 16.2 Å². The molecule has 0 saturated heterocycles. The first kappa shape index (κ1) is 13.0. The molecule has 19 heavy (non-hydrogen) atoms. The SMILES string of the molecule is NC(=O)c1ccccc1OS(=O)(=O)c1cccnc1. The van der Waals surface area contributed by atoms with Crippen LogP contribution in [0.3, 0.4) is 0 Å². The minimum absolute atomic E-state index is 0.00466. The molecule has 0 bridgehead atoms. The number of carbonyl (C=O) groups excluding carboxylic acids is 1. The summed E-state index contributed by atoms with van der Waals surface area (Å²) in [4.78, 5) is 14.8. The summed E-state index contributed by atoms with van der Waals surface area (Å²) in [6.45, 7) is 0. The van der Waals surface area contributed by atoms with Crippen molar-refractivity contribution in [1.82, 2.24) is 4.98 Å². The van der Waals surface area contributed by atoms with E-state index < -0.39 is 16.0 Å². The van der Waals surface area contributed by atoms with E-state index >= 15 is 0 Å². The fourth-order valence-corrected chi connectivity index (χ4v) is 2.32. The predicted octanol–water partition coefficient (Wildman–Crippen LogP) is 0.948. The molecule has 2 N–H and O–H groups in total. The molecule has 1 aromatic heterocycles. The number of benzene rings is 1. The van der Waals surface area contributed by atoms with Gasteiger partial charge in [0.15, 0.2) is 5.75 Å². The van der Waals surface area contributed by atoms with E-state index in [4.69, 9.17) is 9.92 Å². The number of hydrogen-bond acceptors (Lipinski definition) is 5. The van der Waals surface area contributed by atoms with Gasteiger partial charge in [0.25, 0.3) is 5.91 Å². The van der Waals surface area contributed by atoms with E-state index in [2.05, 4.69) is 4.98 Å². The summed E-state index contributed by atoms with van der Waals surface area (Å²) >= 11 is 0. The lowest BCUT2D eigenvalue weighted by atomic mass is 10.2. The Morgan fingerprint density at radius 2 is 1.89 bits per heavy atom. The Balaban J connectivity index is 2.39. The first-order valence-corrected chi connectivity index (χ1v) is 6.65. The lowest BCUT2D eigenvalue weighted by molar-refractivity contribution is 0.0999. The van der Waals surface area contributed by atoms with Gasteiger partial charge in [-0.05, 0) is 24.3 Å². The van der Waals surface area contributed by atoms with Crippen molar-refractivity contribution in [3.8, 4) is 5.75 Å². The van der Waals surface area contributed by atoms with Crippen molar-refractivity contribution in [3.05, 3.63) is 54.4 Å². The number of pyridine rings is 1. The number of hydrogen-bond donors (Lipinski definition) is 1. The van der Waals surface area contributed by atoms with E-state index in [0.29, 0.717) is 0 Å². The van der Waals surface area contributed by atoms with Crippen molar-refractivity contribution >= 4 is 16.0 Å². The van der Waals surface area contributed by atoms with Crippen LogP contribution in [-0.4, -0.2) is 19.3 Å². The summed E-state index contributed by atoms with van der Waals surface area (Å²) in [5, 5.41) is 0. The third kappa shape index (κ3) is 2.89. The van der Waals surface area contributed by atoms with Gasteiger partial charge in [-0.1, -0.05) is 12.1 Å². The Labute approximate surface area is 110 Å². The van der Waals surface area contributed by atoms with Gasteiger partial charge < -0.3 is 9.92 Å². The van der Waals surface area contributed by atoms with Crippen molar-refractivity contribution in [1.29, 1.82) is 0 Å². The number of para-hydroxylation sites is 1. The summed E-state index contributed by atoms with van der Waals surface area (Å²) in [6.07, 6.45) is 2.60. The molecule has 1 aromatic carbocycles. The summed E-state index contributed by atoms with van der Waals surface area (Å²) in [5.41, 5.74) is 5.14. The van der Waals surface area contributed by atoms with Crippen molar-refractivity contribution in [3.63, 3.8) is 0 Å². The van der Waals surface area contributed by atoms with E-state index in [0.717, 1.165) is 6.20 Å². The molecule has 98 valence electrons. The molecule has 2 rings (SSSR count). The highest BCUT2D eigenvalue weighted by molar-refractivity contribution is 7.87. The summed E-state index contributed by atoms with van der Waals surface area (Å²) in [6, 6.07) is 8.65. The van der Waals surface area contributed by atoms with Crippen molar-refractivity contribution in [2.75, 3.05) is 0 Å². The molecule has 0 atom stereocenters. The molecule has 0 spiro atoms. The fourth-order valence-electron chi connectivity index (χ4n) is 1.40. The lowest BCUT2D eigenvalue weighted by Gasteiger charge is -2.09. The molecule has 0 aliphatic carbocycles. The van der Waals surface area contributed by atoms with Crippen LogP contribution in [0.1, 0.15) is 10.4 Å². The molecule has 0 fully saturated rings. The normalized spacial score (nSPS) is 10.9. The molecule has 7 heteroatoms. The van der Waals surface area contributed by atoms with Crippen molar-refractivity contribution in [2.24, 2.45) is 5.73 Å². The van der Waals surface area contributed by atoms with Crippen LogP contribution >= 0.6 is 0 Å². The largest absolute Gasteiger partial charge is 0.378 e. The van der Waals surface area contributed by atoms with Crippen LogP contribution in [0.5, 0.6) is 5.75 Å². The zero-order valence-corrected chi connectivity index (χ0v) is 10.5. The number of carbonyl (C=O) groups is 1. The van der Waals surface area contributed by atoms with E-state index in [1.807, 2.05) is 0 Å². The number of nitrogens with two attached hydrogens (primary N) is 1. The van der Waals surface area contributed by atoms with Crippen LogP contribution in [0.15, 0.2) is 53.7 Å². The van der Waals surface area contributed by atoms with Gasteiger partial charge in [-0.3, -0.25) is 9.78 Å². The Kier molecular flexibility index (Phi) is 3.48. The molecule has 0 unspecified atom stereocenters. The minimum Gasteiger partial charge on any atom is -0.378 e. The molecule has 1 amide bonds. The molecule has 2 aromatic rings. The van der Waals surface area contributed by atoms with Crippen LogP contribution in [-0.2, 0) is 10.1 Å². The van der Waals surface area contributed by atoms with Gasteiger partial charge in [0.1, 0.15) is 4.90 Å². The highest BCUT2D eigenvalue weighted by Gasteiger charge is 2.19. The zero-order chi connectivity index (χ0) is 13.9. The summed E-state index contributed by atoms with van der Waals surface area (Å²) in [7, 11) is -4.04. The van der Waals surface area contributed by atoms with Gasteiger partial charge in [-0.15, -0.1) is 0 Å². The maximum Gasteiger partial charge on any atom is 0.340 e. The third-order valence-electron chi connectivity index (χ3n) is 2.28. The van der Waals surface area contributed by atoms with E-state index in [1.165, 1.54) is 30.5 Å². The molecule has 6 nitrogen and oxygen atoms in total. The van der Waals surface area contributed by atoms with Gasteiger partial charge in [-0.25, -0.2) is 0 Å². The molecule has 0 aliphatic rings. The molecular formula is C12H10N2O4S. The van der Waals surface area contributed by atoms with Gasteiger partial charge in [0, 0.05) is 12.4 Å². The molecule has 1 heterocycles. The number of aromatic nitrogens is 1. The smallest absolute Gasteiger partial charge is 0.340 e. The maximum atomic E-state index is 12.0. The van der Waals surface area contributed by atoms with Crippen LogP contribution in [0.4, 0.5) is 0 Å². The fraction of sp³-hybridized carbons (Fsp3) is 0. The maximum absolute atomic E-state index is 12.0. The van der Waals surface area contributed by atoms with Crippen LogP contribution < -0.4 is 9.92 Å². The Bertz CT molecular complexity index is 699. The standard InChI is InChI=1S/C12H10N2O4S/c13-12(15)10-5-1-2-6-11(10)18-19(16,17)9-4-3-7-14-8-9/h1-8H,(H2,13,15). The number of rotatable bonds is 4. The Morgan fingerprint density at radius 3 is 2.53 bits per heavy atom. The molecule has 0 aliphatic heterocycles. The second-order valence-corrected chi connectivity index (χ2v) is 5.13. The van der Waals surface area contributed by atoms with Crippen LogP contribution in [0.2, 0.25) is 0 Å². The highest BCUT2D eigenvalue weighted by Crippen LogP contribution is 2.22. The van der Waals surface area contributed by atoms with Crippen LogP contribution in [0, 0.1) is 0 Å². The van der Waals surface area contributed by atoms with Crippen LogP contribution in [0.25, 0.3) is 0 Å². The van der Waals surface area contributed by atoms with Gasteiger partial charge in [0.05, 0.1) is 5.56 Å². The first-order chi connectivity index (χ1) is 9.00. The average Bonchev–Trinajstić information content (AvgIpc) is 2.39. The topological polar surface area (TPSA) is 99.4 Å². The highest BCUT2D eigenvalue weighted by atomic mass is 32.2. The van der Waals surface area contributed by atoms with E-state index in [1.54, 1.807) is 12.1 Å². The molecule has 0 radical (unpaired) electrons. The Morgan fingerprint density at radius 1 is 1.16 bits per heavy atom. The average molecular weight is 278 g/mol. The lowest BCUT2D eigenvalue weighted by Crippen LogP contribution is -2.16. The van der Waals surface area contributed by atoms with Gasteiger partial charge in [-0.2, -0.15) is 8.42 Å². The van der Waals surface area contributed by atoms with Gasteiger partial charge in [0.2, 0.25) is 0 Å². The summed E-state index contributed by atoms with van der Waals surface area (Å²) in [5.74, 6) is -0.879. The van der Waals surface area contributed by atoms with Gasteiger partial charge >= 0.3 is 10.1 Å². The molecular weight excluding hydrogens is 268 g/mol.